The standard InChI is InChI=1S/C22H17NO2/c1-14-8-7-9-15(2)20(14)23-21(24)18-12-5-3-10-16(18)17-11-4-6-13-19(17)22(23)25/h3-13H,1-2H3. The van der Waals surface area contributed by atoms with Crippen LogP contribution in [0.1, 0.15) is 11.1 Å². The van der Waals surface area contributed by atoms with Crippen molar-refractivity contribution in [2.45, 2.75) is 13.8 Å². The summed E-state index contributed by atoms with van der Waals surface area (Å²) < 4.78 is 1.33. The predicted molar refractivity (Wildman–Crippen MR) is 103 cm³/mol. The van der Waals surface area contributed by atoms with Crippen molar-refractivity contribution >= 4 is 21.5 Å². The van der Waals surface area contributed by atoms with Crippen LogP contribution in [0.2, 0.25) is 0 Å². The molecule has 0 atom stereocenters. The van der Waals surface area contributed by atoms with Gasteiger partial charge in [0.2, 0.25) is 0 Å². The first-order valence-electron chi connectivity index (χ1n) is 8.23. The van der Waals surface area contributed by atoms with Gasteiger partial charge < -0.3 is 0 Å². The van der Waals surface area contributed by atoms with Gasteiger partial charge in [0.15, 0.2) is 0 Å². The Morgan fingerprint density at radius 3 is 1.40 bits per heavy atom. The van der Waals surface area contributed by atoms with E-state index in [1.807, 2.05) is 68.4 Å². The lowest BCUT2D eigenvalue weighted by Crippen LogP contribution is -2.29. The molecule has 3 heteroatoms. The fourth-order valence-corrected chi connectivity index (χ4v) is 3.50. The molecule has 0 radical (unpaired) electrons. The summed E-state index contributed by atoms with van der Waals surface area (Å²) in [6.07, 6.45) is 0. The second-order valence-electron chi connectivity index (χ2n) is 6.28. The highest BCUT2D eigenvalue weighted by Crippen LogP contribution is 2.21. The minimum atomic E-state index is -0.283. The second kappa shape index (κ2) is 5.71. The molecular formula is C22H17NO2. The van der Waals surface area contributed by atoms with Gasteiger partial charge in [0.25, 0.3) is 11.1 Å². The van der Waals surface area contributed by atoms with Gasteiger partial charge in [-0.15, -0.1) is 0 Å². The topological polar surface area (TPSA) is 39.1 Å². The van der Waals surface area contributed by atoms with Crippen molar-refractivity contribution in [2.24, 2.45) is 0 Å². The third-order valence-electron chi connectivity index (χ3n) is 4.67. The zero-order valence-electron chi connectivity index (χ0n) is 14.1. The van der Waals surface area contributed by atoms with Crippen molar-refractivity contribution in [1.29, 1.82) is 0 Å². The van der Waals surface area contributed by atoms with Gasteiger partial charge in [-0.3, -0.25) is 9.59 Å². The molecule has 0 spiro atoms. The van der Waals surface area contributed by atoms with E-state index in [1.165, 1.54) is 4.57 Å². The Bertz CT molecular complexity index is 1160. The van der Waals surface area contributed by atoms with Gasteiger partial charge in [-0.2, -0.15) is 0 Å². The highest BCUT2D eigenvalue weighted by Gasteiger charge is 2.14. The largest absolute Gasteiger partial charge is 0.268 e. The zero-order valence-corrected chi connectivity index (χ0v) is 14.1. The maximum absolute atomic E-state index is 13.3. The van der Waals surface area contributed by atoms with E-state index in [-0.39, 0.29) is 11.1 Å². The number of aryl methyl sites for hydroxylation is 2. The maximum atomic E-state index is 13.3. The molecule has 1 heterocycles. The molecule has 25 heavy (non-hydrogen) atoms. The third-order valence-corrected chi connectivity index (χ3v) is 4.67. The van der Waals surface area contributed by atoms with Crippen molar-refractivity contribution in [3.8, 4) is 5.69 Å². The van der Waals surface area contributed by atoms with Crippen LogP contribution in [0.5, 0.6) is 0 Å². The van der Waals surface area contributed by atoms with E-state index in [0.29, 0.717) is 16.5 Å². The smallest absolute Gasteiger partial charge is 0.265 e. The number of rotatable bonds is 1. The van der Waals surface area contributed by atoms with Crippen molar-refractivity contribution < 1.29 is 0 Å². The molecule has 0 unspecified atom stereocenters. The molecule has 0 aliphatic heterocycles. The molecule has 3 aromatic carbocycles. The summed E-state index contributed by atoms with van der Waals surface area (Å²) in [5, 5.41) is 2.68. The Labute approximate surface area is 144 Å². The molecule has 0 bridgehead atoms. The van der Waals surface area contributed by atoms with Crippen LogP contribution in [-0.4, -0.2) is 4.57 Å². The van der Waals surface area contributed by atoms with Crippen LogP contribution >= 0.6 is 0 Å². The Morgan fingerprint density at radius 2 is 0.960 bits per heavy atom. The van der Waals surface area contributed by atoms with Crippen LogP contribution in [0.15, 0.2) is 76.3 Å². The van der Waals surface area contributed by atoms with Crippen LogP contribution < -0.4 is 11.1 Å². The number of nitrogens with zero attached hydrogens (tertiary/aromatic N) is 1. The van der Waals surface area contributed by atoms with Crippen LogP contribution in [0.25, 0.3) is 27.2 Å². The van der Waals surface area contributed by atoms with Crippen LogP contribution in [-0.2, 0) is 0 Å². The molecule has 0 saturated heterocycles. The van der Waals surface area contributed by atoms with Gasteiger partial charge in [-0.05, 0) is 47.9 Å². The minimum Gasteiger partial charge on any atom is -0.268 e. The summed E-state index contributed by atoms with van der Waals surface area (Å²) >= 11 is 0. The van der Waals surface area contributed by atoms with Crippen molar-refractivity contribution in [3.63, 3.8) is 0 Å². The van der Waals surface area contributed by atoms with Gasteiger partial charge in [-0.25, -0.2) is 4.57 Å². The molecule has 4 aromatic rings. The first-order chi connectivity index (χ1) is 12.1. The molecule has 0 aliphatic rings. The summed E-state index contributed by atoms with van der Waals surface area (Å²) in [4.78, 5) is 26.7. The average Bonchev–Trinajstić information content (AvgIpc) is 2.72. The lowest BCUT2D eigenvalue weighted by molar-refractivity contribution is 0.951. The second-order valence-corrected chi connectivity index (χ2v) is 6.28. The minimum absolute atomic E-state index is 0.283. The highest BCUT2D eigenvalue weighted by molar-refractivity contribution is 6.05. The molecule has 0 fully saturated rings. The van der Waals surface area contributed by atoms with Gasteiger partial charge in [-0.1, -0.05) is 54.6 Å². The fourth-order valence-electron chi connectivity index (χ4n) is 3.50. The molecule has 1 aromatic heterocycles. The Kier molecular flexibility index (Phi) is 3.50. The van der Waals surface area contributed by atoms with Crippen molar-refractivity contribution in [1.82, 2.24) is 4.57 Å². The van der Waals surface area contributed by atoms with Gasteiger partial charge in [0, 0.05) is 10.8 Å². The van der Waals surface area contributed by atoms with Gasteiger partial charge in [0.05, 0.1) is 5.69 Å². The average molecular weight is 327 g/mol. The summed E-state index contributed by atoms with van der Waals surface area (Å²) in [6.45, 7) is 3.84. The van der Waals surface area contributed by atoms with E-state index in [4.69, 9.17) is 0 Å². The van der Waals surface area contributed by atoms with E-state index in [2.05, 4.69) is 0 Å². The molecule has 0 aliphatic carbocycles. The lowest BCUT2D eigenvalue weighted by atomic mass is 10.1. The monoisotopic (exact) mass is 327 g/mol. The summed E-state index contributed by atoms with van der Waals surface area (Å²) in [5.74, 6) is 0. The molecule has 122 valence electrons. The number of para-hydroxylation sites is 1. The number of benzene rings is 3. The number of aromatic nitrogens is 1. The van der Waals surface area contributed by atoms with E-state index in [9.17, 15) is 9.59 Å². The zero-order chi connectivity index (χ0) is 17.6. The van der Waals surface area contributed by atoms with Crippen molar-refractivity contribution in [2.75, 3.05) is 0 Å². The first kappa shape index (κ1) is 15.3. The van der Waals surface area contributed by atoms with Gasteiger partial charge >= 0.3 is 0 Å². The van der Waals surface area contributed by atoms with Crippen LogP contribution in [0.4, 0.5) is 0 Å². The molecule has 0 N–H and O–H groups in total. The SMILES string of the molecule is Cc1cccc(C)c1-n1c(=O)c2ccccc2c2ccccc2c1=O. The van der Waals surface area contributed by atoms with Gasteiger partial charge in [0.1, 0.15) is 0 Å². The van der Waals surface area contributed by atoms with E-state index in [0.717, 1.165) is 21.9 Å². The predicted octanol–water partition coefficient (Wildman–Crippen LogP) is 4.12. The van der Waals surface area contributed by atoms with Crippen LogP contribution in [0, 0.1) is 13.8 Å². The fraction of sp³-hybridized carbons (Fsp3) is 0.0909. The highest BCUT2D eigenvalue weighted by atomic mass is 16.2. The molecule has 3 nitrogen and oxygen atoms in total. The number of hydrogen-bond donors (Lipinski definition) is 0. The van der Waals surface area contributed by atoms with E-state index in [1.54, 1.807) is 12.1 Å². The van der Waals surface area contributed by atoms with E-state index >= 15 is 0 Å². The Hall–Kier alpha value is -3.20. The molecule has 0 saturated carbocycles. The van der Waals surface area contributed by atoms with E-state index < -0.39 is 0 Å². The summed E-state index contributed by atoms with van der Waals surface area (Å²) in [5.41, 5.74) is 1.91. The number of hydrogen-bond acceptors (Lipinski definition) is 2. The Balaban J connectivity index is 2.39. The quantitative estimate of drug-likeness (QED) is 0.527. The molecule has 0 amide bonds. The summed E-state index contributed by atoms with van der Waals surface area (Å²) in [7, 11) is 0. The Morgan fingerprint density at radius 1 is 0.560 bits per heavy atom. The lowest BCUT2D eigenvalue weighted by Gasteiger charge is -2.10. The third kappa shape index (κ3) is 2.28. The summed E-state index contributed by atoms with van der Waals surface area (Å²) in [6, 6.07) is 20.6. The van der Waals surface area contributed by atoms with Crippen LogP contribution in [0.3, 0.4) is 0 Å². The molecular weight excluding hydrogens is 310 g/mol. The number of fused-ring (bicyclic) bond motifs is 3. The molecule has 4 rings (SSSR count). The van der Waals surface area contributed by atoms with Crippen molar-refractivity contribution in [3.05, 3.63) is 98.6 Å². The maximum Gasteiger partial charge on any atom is 0.265 e. The first-order valence-corrected chi connectivity index (χ1v) is 8.23. The normalized spacial score (nSPS) is 11.1.